The van der Waals surface area contributed by atoms with Crippen LogP contribution in [0.15, 0.2) is 39.4 Å². The highest BCUT2D eigenvalue weighted by Crippen LogP contribution is 2.46. The zero-order valence-corrected chi connectivity index (χ0v) is 15.5. The van der Waals surface area contributed by atoms with E-state index in [1.807, 2.05) is 6.07 Å². The van der Waals surface area contributed by atoms with E-state index in [0.717, 1.165) is 12.0 Å². The van der Waals surface area contributed by atoms with Crippen molar-refractivity contribution in [3.63, 3.8) is 0 Å². The number of halogens is 1. The number of rotatable bonds is 3. The van der Waals surface area contributed by atoms with Gasteiger partial charge in [0.15, 0.2) is 17.3 Å². The number of nitriles is 1. The maximum absolute atomic E-state index is 12.6. The topological polar surface area (TPSA) is 94.6 Å². The average Bonchev–Trinajstić information content (AvgIpc) is 2.60. The Labute approximate surface area is 154 Å². The smallest absolute Gasteiger partial charge is 0.205 e. The van der Waals surface area contributed by atoms with Gasteiger partial charge >= 0.3 is 0 Å². The summed E-state index contributed by atoms with van der Waals surface area (Å²) in [7, 11) is 3.07. The number of nitrogens with zero attached hydrogens (tertiary/aromatic N) is 1. The molecule has 0 unspecified atom stereocenters. The van der Waals surface area contributed by atoms with E-state index in [9.17, 15) is 10.1 Å². The van der Waals surface area contributed by atoms with E-state index in [1.54, 1.807) is 13.2 Å². The van der Waals surface area contributed by atoms with Crippen LogP contribution >= 0.6 is 15.9 Å². The van der Waals surface area contributed by atoms with Crippen LogP contribution in [0.1, 0.15) is 30.7 Å². The standard InChI is InChI=1S/C18H17BrN2O4/c1-23-14-7-9(6-11(19)17(14)24-2)15-10(8-20)18(21)25-13-5-3-4-12(22)16(13)15/h6-7,15H,3-5,21H2,1-2H3/t15-/m0/s1. The molecule has 0 saturated heterocycles. The second kappa shape index (κ2) is 6.81. The molecule has 0 aromatic heterocycles. The number of allylic oxidation sites excluding steroid dienone is 3. The maximum atomic E-state index is 12.6. The summed E-state index contributed by atoms with van der Waals surface area (Å²) in [5.41, 5.74) is 7.41. The fourth-order valence-electron chi connectivity index (χ4n) is 3.29. The molecule has 2 aliphatic rings. The lowest BCUT2D eigenvalue weighted by Gasteiger charge is -2.31. The third-order valence-electron chi connectivity index (χ3n) is 4.39. The molecule has 2 N–H and O–H groups in total. The van der Waals surface area contributed by atoms with Gasteiger partial charge in [0.05, 0.1) is 24.6 Å². The molecule has 1 aliphatic carbocycles. The predicted molar refractivity (Wildman–Crippen MR) is 93.8 cm³/mol. The summed E-state index contributed by atoms with van der Waals surface area (Å²) >= 11 is 3.46. The minimum absolute atomic E-state index is 0.0163. The van der Waals surface area contributed by atoms with Gasteiger partial charge in [0.1, 0.15) is 17.4 Å². The highest BCUT2D eigenvalue weighted by Gasteiger charge is 2.38. The number of carbonyl (C=O) groups is 1. The molecule has 6 nitrogen and oxygen atoms in total. The quantitative estimate of drug-likeness (QED) is 0.830. The minimum Gasteiger partial charge on any atom is -0.493 e. The van der Waals surface area contributed by atoms with Crippen molar-refractivity contribution < 1.29 is 19.0 Å². The fraction of sp³-hybridized carbons (Fsp3) is 0.333. The molecular weight excluding hydrogens is 388 g/mol. The number of carbonyl (C=O) groups excluding carboxylic acids is 1. The van der Waals surface area contributed by atoms with Crippen LogP contribution in [0.5, 0.6) is 11.5 Å². The van der Waals surface area contributed by atoms with E-state index in [0.29, 0.717) is 40.1 Å². The van der Waals surface area contributed by atoms with Crippen molar-refractivity contribution in [2.75, 3.05) is 14.2 Å². The number of Topliss-reactive ketones (excluding diaryl/α,β-unsaturated/α-hetero) is 1. The summed E-state index contributed by atoms with van der Waals surface area (Å²) < 4.78 is 17.0. The van der Waals surface area contributed by atoms with Crippen LogP contribution in [0, 0.1) is 11.3 Å². The summed E-state index contributed by atoms with van der Waals surface area (Å²) in [6.45, 7) is 0. The van der Waals surface area contributed by atoms with Gasteiger partial charge in [-0.15, -0.1) is 0 Å². The van der Waals surface area contributed by atoms with Crippen LogP contribution < -0.4 is 15.2 Å². The molecule has 7 heteroatoms. The van der Waals surface area contributed by atoms with Crippen molar-refractivity contribution in [1.82, 2.24) is 0 Å². The Morgan fingerprint density at radius 3 is 2.72 bits per heavy atom. The van der Waals surface area contributed by atoms with Crippen LogP contribution in [-0.2, 0) is 9.53 Å². The number of ketones is 1. The fourth-order valence-corrected chi connectivity index (χ4v) is 3.92. The zero-order chi connectivity index (χ0) is 18.1. The lowest BCUT2D eigenvalue weighted by Crippen LogP contribution is -2.27. The van der Waals surface area contributed by atoms with Gasteiger partial charge in [0.25, 0.3) is 0 Å². The summed E-state index contributed by atoms with van der Waals surface area (Å²) in [6, 6.07) is 5.67. The van der Waals surface area contributed by atoms with Crippen molar-refractivity contribution in [1.29, 1.82) is 5.26 Å². The van der Waals surface area contributed by atoms with Crippen LogP contribution in [0.2, 0.25) is 0 Å². The number of hydrogen-bond acceptors (Lipinski definition) is 6. The molecule has 1 aromatic rings. The van der Waals surface area contributed by atoms with Crippen molar-refractivity contribution in [3.05, 3.63) is 45.0 Å². The first kappa shape index (κ1) is 17.4. The van der Waals surface area contributed by atoms with Gasteiger partial charge in [-0.1, -0.05) is 0 Å². The Morgan fingerprint density at radius 1 is 1.32 bits per heavy atom. The number of methoxy groups -OCH3 is 2. The maximum Gasteiger partial charge on any atom is 0.205 e. The molecular formula is C18H17BrN2O4. The molecule has 0 radical (unpaired) electrons. The van der Waals surface area contributed by atoms with Gasteiger partial charge in [-0.05, 0) is 40.0 Å². The largest absolute Gasteiger partial charge is 0.493 e. The third-order valence-corrected chi connectivity index (χ3v) is 4.98. The zero-order valence-electron chi connectivity index (χ0n) is 13.9. The van der Waals surface area contributed by atoms with Crippen molar-refractivity contribution in [2.24, 2.45) is 5.73 Å². The summed E-state index contributed by atoms with van der Waals surface area (Å²) in [5.74, 6) is 1.06. The number of ether oxygens (including phenoxy) is 3. The van der Waals surface area contributed by atoms with E-state index < -0.39 is 5.92 Å². The Bertz CT molecular complexity index is 851. The molecule has 1 atom stereocenters. The van der Waals surface area contributed by atoms with Crippen molar-refractivity contribution in [3.8, 4) is 17.6 Å². The second-order valence-electron chi connectivity index (χ2n) is 5.78. The van der Waals surface area contributed by atoms with Gasteiger partial charge in [0, 0.05) is 18.4 Å². The summed E-state index contributed by atoms with van der Waals surface area (Å²) in [5, 5.41) is 9.60. The Hall–Kier alpha value is -2.46. The van der Waals surface area contributed by atoms with E-state index in [1.165, 1.54) is 7.11 Å². The Balaban J connectivity index is 2.23. The number of benzene rings is 1. The lowest BCUT2D eigenvalue weighted by molar-refractivity contribution is -0.116. The first-order valence-corrected chi connectivity index (χ1v) is 8.56. The molecule has 0 spiro atoms. The number of hydrogen-bond donors (Lipinski definition) is 1. The Kier molecular flexibility index (Phi) is 4.73. The second-order valence-corrected chi connectivity index (χ2v) is 6.63. The average molecular weight is 405 g/mol. The molecule has 0 bridgehead atoms. The molecule has 25 heavy (non-hydrogen) atoms. The first-order valence-electron chi connectivity index (χ1n) is 7.77. The molecule has 130 valence electrons. The number of nitrogens with two attached hydrogens (primary N) is 1. The van der Waals surface area contributed by atoms with Crippen LogP contribution in [0.3, 0.4) is 0 Å². The van der Waals surface area contributed by atoms with E-state index in [-0.39, 0.29) is 17.2 Å². The van der Waals surface area contributed by atoms with Crippen LogP contribution in [0.4, 0.5) is 0 Å². The molecule has 1 aromatic carbocycles. The van der Waals surface area contributed by atoms with Crippen LogP contribution in [-0.4, -0.2) is 20.0 Å². The molecule has 0 saturated carbocycles. The Morgan fingerprint density at radius 2 is 2.08 bits per heavy atom. The van der Waals surface area contributed by atoms with E-state index in [2.05, 4.69) is 22.0 Å². The molecule has 1 aliphatic heterocycles. The van der Waals surface area contributed by atoms with Gasteiger partial charge in [0.2, 0.25) is 5.88 Å². The predicted octanol–water partition coefficient (Wildman–Crippen LogP) is 3.28. The summed E-state index contributed by atoms with van der Waals surface area (Å²) in [4.78, 5) is 12.6. The first-order chi connectivity index (χ1) is 12.0. The van der Waals surface area contributed by atoms with Crippen molar-refractivity contribution >= 4 is 21.7 Å². The summed E-state index contributed by atoms with van der Waals surface area (Å²) in [6.07, 6.45) is 1.78. The van der Waals surface area contributed by atoms with Crippen LogP contribution in [0.25, 0.3) is 0 Å². The normalized spacial score (nSPS) is 19.9. The molecule has 1 heterocycles. The van der Waals surface area contributed by atoms with E-state index in [4.69, 9.17) is 19.9 Å². The monoisotopic (exact) mass is 404 g/mol. The SMILES string of the molecule is COc1cc([C@H]2C(C#N)=C(N)OC3=C2C(=O)CCC3)cc(Br)c1OC. The molecule has 0 fully saturated rings. The van der Waals surface area contributed by atoms with Gasteiger partial charge in [-0.3, -0.25) is 4.79 Å². The highest BCUT2D eigenvalue weighted by molar-refractivity contribution is 9.10. The highest BCUT2D eigenvalue weighted by atomic mass is 79.9. The lowest BCUT2D eigenvalue weighted by atomic mass is 9.77. The van der Waals surface area contributed by atoms with Crippen molar-refractivity contribution in [2.45, 2.75) is 25.2 Å². The van der Waals surface area contributed by atoms with Gasteiger partial charge in [-0.2, -0.15) is 5.26 Å². The van der Waals surface area contributed by atoms with Gasteiger partial charge < -0.3 is 19.9 Å². The third kappa shape index (κ3) is 2.87. The molecule has 3 rings (SSSR count). The molecule has 0 amide bonds. The van der Waals surface area contributed by atoms with E-state index >= 15 is 0 Å². The minimum atomic E-state index is -0.572. The van der Waals surface area contributed by atoms with Gasteiger partial charge in [-0.25, -0.2) is 0 Å².